The number of nitrogens with one attached hydrogen (secondary N) is 2. The van der Waals surface area contributed by atoms with Crippen LogP contribution in [0.1, 0.15) is 34.5 Å². The fourth-order valence-corrected chi connectivity index (χ4v) is 3.24. The van der Waals surface area contributed by atoms with Crippen molar-refractivity contribution in [1.82, 2.24) is 15.2 Å². The highest BCUT2D eigenvalue weighted by Crippen LogP contribution is 2.28. The van der Waals surface area contributed by atoms with E-state index < -0.39 is 17.5 Å². The van der Waals surface area contributed by atoms with Crippen molar-refractivity contribution in [2.45, 2.75) is 25.9 Å². The molecule has 1 aliphatic heterocycles. The molecule has 0 atom stereocenters. The van der Waals surface area contributed by atoms with E-state index in [-0.39, 0.29) is 29.8 Å². The maximum absolute atomic E-state index is 13.7. The second-order valence-corrected chi connectivity index (χ2v) is 7.18. The maximum atomic E-state index is 13.7. The van der Waals surface area contributed by atoms with Crippen molar-refractivity contribution in [1.29, 1.82) is 0 Å². The summed E-state index contributed by atoms with van der Waals surface area (Å²) < 4.78 is 40.5. The van der Waals surface area contributed by atoms with Gasteiger partial charge in [-0.2, -0.15) is 0 Å². The number of fused-ring (bicyclic) bond motifs is 1. The number of nitrogens with zero attached hydrogens (tertiary/aromatic N) is 2. The molecule has 2 N–H and O–H groups in total. The zero-order chi connectivity index (χ0) is 20.5. The van der Waals surface area contributed by atoms with Crippen molar-refractivity contribution in [3.63, 3.8) is 0 Å². The van der Waals surface area contributed by atoms with Crippen LogP contribution in [-0.2, 0) is 17.9 Å². The summed E-state index contributed by atoms with van der Waals surface area (Å²) in [5, 5.41) is 5.62. The molecule has 0 bridgehead atoms. The lowest BCUT2D eigenvalue weighted by Gasteiger charge is -2.15. The van der Waals surface area contributed by atoms with Crippen LogP contribution < -0.4 is 10.6 Å². The molecule has 1 aromatic heterocycles. The molecule has 2 amide bonds. The molecule has 2 heterocycles. The number of halogens is 3. The van der Waals surface area contributed by atoms with E-state index in [1.54, 1.807) is 17.0 Å². The molecule has 0 saturated heterocycles. The molecule has 0 radical (unpaired) electrons. The van der Waals surface area contributed by atoms with E-state index >= 15 is 0 Å². The van der Waals surface area contributed by atoms with Crippen molar-refractivity contribution >= 4 is 17.6 Å². The SMILES string of the molecule is O=C(NCCN1Cc2nc(NCc3c(F)cc(F)cc3F)ccc2C1=O)C1CC1. The van der Waals surface area contributed by atoms with Crippen molar-refractivity contribution in [2.75, 3.05) is 18.4 Å². The van der Waals surface area contributed by atoms with Gasteiger partial charge in [-0.1, -0.05) is 0 Å². The molecule has 29 heavy (non-hydrogen) atoms. The average molecular weight is 404 g/mol. The van der Waals surface area contributed by atoms with Crippen LogP contribution in [0.15, 0.2) is 24.3 Å². The van der Waals surface area contributed by atoms with Crippen LogP contribution >= 0.6 is 0 Å². The maximum Gasteiger partial charge on any atom is 0.256 e. The van der Waals surface area contributed by atoms with E-state index in [2.05, 4.69) is 15.6 Å². The van der Waals surface area contributed by atoms with Crippen LogP contribution in [0.2, 0.25) is 0 Å². The van der Waals surface area contributed by atoms with Gasteiger partial charge in [-0.15, -0.1) is 0 Å². The van der Waals surface area contributed by atoms with Gasteiger partial charge in [0.15, 0.2) is 0 Å². The van der Waals surface area contributed by atoms with Gasteiger partial charge in [0.05, 0.1) is 17.8 Å². The third-order valence-electron chi connectivity index (χ3n) is 5.01. The Morgan fingerprint density at radius 1 is 1.17 bits per heavy atom. The number of hydrogen-bond acceptors (Lipinski definition) is 4. The van der Waals surface area contributed by atoms with Crippen LogP contribution in [-0.4, -0.2) is 34.8 Å². The van der Waals surface area contributed by atoms with E-state index in [0.717, 1.165) is 12.8 Å². The number of carbonyl (C=O) groups excluding carboxylic acids is 2. The number of pyridine rings is 1. The van der Waals surface area contributed by atoms with Gasteiger partial charge in [0.25, 0.3) is 5.91 Å². The van der Waals surface area contributed by atoms with Crippen molar-refractivity contribution in [3.05, 3.63) is 58.5 Å². The number of hydrogen-bond donors (Lipinski definition) is 2. The molecule has 152 valence electrons. The van der Waals surface area contributed by atoms with E-state index in [1.807, 2.05) is 0 Å². The third kappa shape index (κ3) is 4.18. The summed E-state index contributed by atoms with van der Waals surface area (Å²) in [5.74, 6) is -2.62. The summed E-state index contributed by atoms with van der Waals surface area (Å²) in [6, 6.07) is 4.39. The molecule has 2 aromatic rings. The largest absolute Gasteiger partial charge is 0.366 e. The first kappa shape index (κ1) is 19.2. The minimum Gasteiger partial charge on any atom is -0.366 e. The highest BCUT2D eigenvalue weighted by Gasteiger charge is 2.31. The quantitative estimate of drug-likeness (QED) is 0.744. The van der Waals surface area contributed by atoms with Gasteiger partial charge >= 0.3 is 0 Å². The molecular weight excluding hydrogens is 385 g/mol. The number of benzene rings is 1. The minimum absolute atomic E-state index is 0.0269. The van der Waals surface area contributed by atoms with Crippen LogP contribution in [0.5, 0.6) is 0 Å². The molecule has 9 heteroatoms. The highest BCUT2D eigenvalue weighted by molar-refractivity contribution is 5.98. The Morgan fingerprint density at radius 3 is 2.59 bits per heavy atom. The molecule has 1 fully saturated rings. The molecule has 0 spiro atoms. The molecule has 1 aromatic carbocycles. The van der Waals surface area contributed by atoms with Crippen LogP contribution in [0.4, 0.5) is 19.0 Å². The smallest absolute Gasteiger partial charge is 0.256 e. The normalized spacial score (nSPS) is 15.4. The molecule has 0 unspecified atom stereocenters. The van der Waals surface area contributed by atoms with Gasteiger partial charge in [0, 0.05) is 43.2 Å². The molecule has 1 saturated carbocycles. The van der Waals surface area contributed by atoms with Crippen molar-refractivity contribution in [2.24, 2.45) is 5.92 Å². The monoisotopic (exact) mass is 404 g/mol. The third-order valence-corrected chi connectivity index (χ3v) is 5.01. The van der Waals surface area contributed by atoms with Crippen LogP contribution in [0.3, 0.4) is 0 Å². The Hall–Kier alpha value is -3.10. The van der Waals surface area contributed by atoms with E-state index in [4.69, 9.17) is 0 Å². The zero-order valence-corrected chi connectivity index (χ0v) is 15.5. The summed E-state index contributed by atoms with van der Waals surface area (Å²) in [4.78, 5) is 30.1. The van der Waals surface area contributed by atoms with Crippen molar-refractivity contribution in [3.8, 4) is 0 Å². The molecule has 1 aliphatic carbocycles. The molecular formula is C20H19F3N4O2. The first-order valence-corrected chi connectivity index (χ1v) is 9.36. The number of aromatic nitrogens is 1. The van der Waals surface area contributed by atoms with Gasteiger partial charge < -0.3 is 15.5 Å². The lowest BCUT2D eigenvalue weighted by molar-refractivity contribution is -0.122. The van der Waals surface area contributed by atoms with E-state index in [0.29, 0.717) is 48.8 Å². The fraction of sp³-hybridized carbons (Fsp3) is 0.350. The second-order valence-electron chi connectivity index (χ2n) is 7.18. The summed E-state index contributed by atoms with van der Waals surface area (Å²) >= 11 is 0. The predicted molar refractivity (Wildman–Crippen MR) is 98.4 cm³/mol. The van der Waals surface area contributed by atoms with E-state index in [9.17, 15) is 22.8 Å². The first-order valence-electron chi connectivity index (χ1n) is 9.36. The van der Waals surface area contributed by atoms with Gasteiger partial charge in [-0.25, -0.2) is 18.2 Å². The van der Waals surface area contributed by atoms with E-state index in [1.165, 1.54) is 0 Å². The first-order chi connectivity index (χ1) is 13.9. The highest BCUT2D eigenvalue weighted by atomic mass is 19.1. The Labute approximate surface area is 165 Å². The molecule has 2 aliphatic rings. The topological polar surface area (TPSA) is 74.3 Å². The number of rotatable bonds is 7. The predicted octanol–water partition coefficient (Wildman–Crippen LogP) is 2.59. The Kier molecular flexibility index (Phi) is 5.12. The Bertz CT molecular complexity index is 955. The van der Waals surface area contributed by atoms with Crippen LogP contribution in [0.25, 0.3) is 0 Å². The van der Waals surface area contributed by atoms with Gasteiger partial charge in [-0.05, 0) is 25.0 Å². The van der Waals surface area contributed by atoms with Gasteiger partial charge in [0.2, 0.25) is 5.91 Å². The van der Waals surface area contributed by atoms with Gasteiger partial charge in [-0.3, -0.25) is 9.59 Å². The number of carbonyl (C=O) groups is 2. The molecule has 4 rings (SSSR count). The Morgan fingerprint density at radius 2 is 1.90 bits per heavy atom. The molecule has 6 nitrogen and oxygen atoms in total. The fourth-order valence-electron chi connectivity index (χ4n) is 3.24. The number of anilines is 1. The Balaban J connectivity index is 1.36. The van der Waals surface area contributed by atoms with Crippen molar-refractivity contribution < 1.29 is 22.8 Å². The summed E-state index contributed by atoms with van der Waals surface area (Å²) in [7, 11) is 0. The standard InChI is InChI=1S/C20H19F3N4O2/c21-12-7-15(22)14(16(23)8-12)9-25-18-4-3-13-17(26-18)10-27(20(13)29)6-5-24-19(28)11-1-2-11/h3-4,7-8,11H,1-2,5-6,9-10H2,(H,24,28)(H,25,26). The summed E-state index contributed by atoms with van der Waals surface area (Å²) in [6.07, 6.45) is 1.84. The minimum atomic E-state index is -0.981. The van der Waals surface area contributed by atoms with Crippen LogP contribution in [0, 0.1) is 23.4 Å². The average Bonchev–Trinajstić information content (AvgIpc) is 3.47. The summed E-state index contributed by atoms with van der Waals surface area (Å²) in [5.41, 5.74) is 0.717. The lowest BCUT2D eigenvalue weighted by Crippen LogP contribution is -2.35. The zero-order valence-electron chi connectivity index (χ0n) is 15.5. The lowest BCUT2D eigenvalue weighted by atomic mass is 10.2. The van der Waals surface area contributed by atoms with Gasteiger partial charge in [0.1, 0.15) is 23.3 Å². The number of amides is 2. The summed E-state index contributed by atoms with van der Waals surface area (Å²) in [6.45, 7) is 0.836. The second kappa shape index (κ2) is 7.73.